The average Bonchev–Trinajstić information content (AvgIpc) is 2.68. The number of Topliss-reactive ketones (excluding diaryl/α,β-unsaturated/α-hetero) is 1. The van der Waals surface area contributed by atoms with Crippen LogP contribution in [0.25, 0.3) is 0 Å². The van der Waals surface area contributed by atoms with E-state index in [0.29, 0.717) is 54.4 Å². The second-order valence-electron chi connectivity index (χ2n) is 8.48. The lowest BCUT2D eigenvalue weighted by molar-refractivity contribution is -0.136. The molecular formula is C24H26ClNO4. The topological polar surface area (TPSA) is 55.8 Å². The highest BCUT2D eigenvalue weighted by molar-refractivity contribution is 6.31. The molecule has 0 aromatic heterocycles. The molecule has 1 amide bonds. The molecule has 1 fully saturated rings. The minimum atomic E-state index is -0.546. The molecular weight excluding hydrogens is 402 g/mol. The van der Waals surface area contributed by atoms with Crippen molar-refractivity contribution in [2.75, 3.05) is 19.7 Å². The molecule has 0 saturated carbocycles. The van der Waals surface area contributed by atoms with Gasteiger partial charge >= 0.3 is 0 Å². The third kappa shape index (κ3) is 4.17. The van der Waals surface area contributed by atoms with Crippen LogP contribution >= 0.6 is 11.6 Å². The molecule has 0 radical (unpaired) electrons. The maximum absolute atomic E-state index is 12.7. The van der Waals surface area contributed by atoms with E-state index in [-0.39, 0.29) is 18.3 Å². The summed E-state index contributed by atoms with van der Waals surface area (Å²) in [7, 11) is 0. The third-order valence-corrected chi connectivity index (χ3v) is 6.36. The molecule has 6 heteroatoms. The molecule has 4 rings (SSSR count). The number of hydrogen-bond donors (Lipinski definition) is 0. The molecule has 0 aliphatic carbocycles. The van der Waals surface area contributed by atoms with Crippen LogP contribution in [-0.4, -0.2) is 41.9 Å². The van der Waals surface area contributed by atoms with Crippen molar-refractivity contribution in [2.24, 2.45) is 0 Å². The number of halogens is 1. The predicted octanol–water partition coefficient (Wildman–Crippen LogP) is 4.67. The van der Waals surface area contributed by atoms with Crippen molar-refractivity contribution in [1.82, 2.24) is 4.90 Å². The van der Waals surface area contributed by atoms with Crippen molar-refractivity contribution in [2.45, 2.75) is 45.6 Å². The normalized spacial score (nSPS) is 17.5. The van der Waals surface area contributed by atoms with Gasteiger partial charge in [0.2, 0.25) is 0 Å². The van der Waals surface area contributed by atoms with Gasteiger partial charge in [-0.25, -0.2) is 0 Å². The van der Waals surface area contributed by atoms with Gasteiger partial charge in [0.15, 0.2) is 12.4 Å². The number of rotatable bonds is 3. The van der Waals surface area contributed by atoms with Crippen LogP contribution in [0.2, 0.25) is 5.02 Å². The minimum absolute atomic E-state index is 0.0101. The number of benzene rings is 2. The third-order valence-electron chi connectivity index (χ3n) is 5.96. The first-order chi connectivity index (χ1) is 14.2. The van der Waals surface area contributed by atoms with E-state index in [9.17, 15) is 9.59 Å². The molecule has 1 spiro atoms. The summed E-state index contributed by atoms with van der Waals surface area (Å²) in [5.41, 5.74) is 3.10. The molecule has 0 unspecified atom stereocenters. The lowest BCUT2D eigenvalue weighted by atomic mass is 9.82. The van der Waals surface area contributed by atoms with E-state index in [2.05, 4.69) is 6.07 Å². The number of piperidine rings is 1. The van der Waals surface area contributed by atoms with E-state index in [1.807, 2.05) is 39.0 Å². The van der Waals surface area contributed by atoms with Crippen LogP contribution in [0, 0.1) is 20.8 Å². The largest absolute Gasteiger partial charge is 0.486 e. The number of carbonyl (C=O) groups is 2. The first kappa shape index (κ1) is 20.7. The second kappa shape index (κ2) is 7.95. The Kier molecular flexibility index (Phi) is 5.49. The summed E-state index contributed by atoms with van der Waals surface area (Å²) in [6, 6.07) is 9.46. The van der Waals surface area contributed by atoms with E-state index >= 15 is 0 Å². The first-order valence-electron chi connectivity index (χ1n) is 10.3. The van der Waals surface area contributed by atoms with Gasteiger partial charge < -0.3 is 14.4 Å². The molecule has 5 nitrogen and oxygen atoms in total. The number of carbonyl (C=O) groups excluding carboxylic acids is 2. The molecule has 2 aromatic carbocycles. The molecule has 0 bridgehead atoms. The molecule has 158 valence electrons. The van der Waals surface area contributed by atoms with Gasteiger partial charge in [-0.3, -0.25) is 9.59 Å². The summed E-state index contributed by atoms with van der Waals surface area (Å²) in [6.45, 7) is 7.01. The zero-order valence-electron chi connectivity index (χ0n) is 17.6. The number of ketones is 1. The van der Waals surface area contributed by atoms with Crippen molar-refractivity contribution in [3.63, 3.8) is 0 Å². The zero-order chi connectivity index (χ0) is 21.5. The maximum Gasteiger partial charge on any atom is 0.260 e. The number of nitrogens with zero attached hydrogens (tertiary/aromatic N) is 1. The number of likely N-dealkylation sites (tertiary alicyclic amines) is 1. The molecule has 2 aliphatic rings. The van der Waals surface area contributed by atoms with Crippen LogP contribution < -0.4 is 9.47 Å². The zero-order valence-corrected chi connectivity index (χ0v) is 18.3. The first-order valence-corrected chi connectivity index (χ1v) is 10.6. The Morgan fingerprint density at radius 2 is 1.77 bits per heavy atom. The Morgan fingerprint density at radius 1 is 1.10 bits per heavy atom. The van der Waals surface area contributed by atoms with Crippen molar-refractivity contribution >= 4 is 23.3 Å². The number of aryl methyl sites for hydroxylation is 3. The van der Waals surface area contributed by atoms with Gasteiger partial charge in [0.05, 0.1) is 12.0 Å². The predicted molar refractivity (Wildman–Crippen MR) is 116 cm³/mol. The number of fused-ring (bicyclic) bond motifs is 1. The fourth-order valence-corrected chi connectivity index (χ4v) is 4.47. The average molecular weight is 428 g/mol. The van der Waals surface area contributed by atoms with Crippen molar-refractivity contribution in [3.05, 3.63) is 57.6 Å². The lowest BCUT2D eigenvalue weighted by Crippen LogP contribution is -2.53. The van der Waals surface area contributed by atoms with Crippen LogP contribution in [0.15, 0.2) is 30.3 Å². The van der Waals surface area contributed by atoms with Crippen molar-refractivity contribution in [1.29, 1.82) is 0 Å². The van der Waals surface area contributed by atoms with E-state index in [1.54, 1.807) is 11.0 Å². The summed E-state index contributed by atoms with van der Waals surface area (Å²) < 4.78 is 12.0. The van der Waals surface area contributed by atoms with E-state index in [1.165, 1.54) is 0 Å². The summed E-state index contributed by atoms with van der Waals surface area (Å²) >= 11 is 6.17. The maximum atomic E-state index is 12.7. The van der Waals surface area contributed by atoms with E-state index in [0.717, 1.165) is 16.7 Å². The fourth-order valence-electron chi connectivity index (χ4n) is 4.31. The summed E-state index contributed by atoms with van der Waals surface area (Å²) in [6.07, 6.45) is 1.56. The van der Waals surface area contributed by atoms with Gasteiger partial charge in [0.25, 0.3) is 5.91 Å². The van der Waals surface area contributed by atoms with Crippen LogP contribution in [-0.2, 0) is 4.79 Å². The Balaban J connectivity index is 1.38. The molecule has 1 saturated heterocycles. The van der Waals surface area contributed by atoms with Crippen molar-refractivity contribution < 1.29 is 19.1 Å². The molecule has 2 aromatic rings. The van der Waals surface area contributed by atoms with Crippen LogP contribution in [0.1, 0.15) is 46.3 Å². The van der Waals surface area contributed by atoms with Gasteiger partial charge in [-0.2, -0.15) is 0 Å². The quantitative estimate of drug-likeness (QED) is 0.714. The highest BCUT2D eigenvalue weighted by Crippen LogP contribution is 2.41. The van der Waals surface area contributed by atoms with Crippen LogP contribution in [0.3, 0.4) is 0 Å². The monoisotopic (exact) mass is 427 g/mol. The second-order valence-corrected chi connectivity index (χ2v) is 8.88. The Labute approximate surface area is 181 Å². The fraction of sp³-hybridized carbons (Fsp3) is 0.417. The number of ether oxygens (including phenoxy) is 2. The van der Waals surface area contributed by atoms with Gasteiger partial charge in [-0.1, -0.05) is 17.7 Å². The molecule has 2 aliphatic heterocycles. The smallest absolute Gasteiger partial charge is 0.260 e. The molecule has 30 heavy (non-hydrogen) atoms. The van der Waals surface area contributed by atoms with Crippen molar-refractivity contribution in [3.8, 4) is 11.5 Å². The Bertz CT molecular complexity index is 988. The van der Waals surface area contributed by atoms with E-state index < -0.39 is 5.60 Å². The molecule has 2 heterocycles. The Hall–Kier alpha value is -2.53. The van der Waals surface area contributed by atoms with Crippen LogP contribution in [0.5, 0.6) is 11.5 Å². The van der Waals surface area contributed by atoms with Gasteiger partial charge in [-0.05, 0) is 61.7 Å². The SMILES string of the molecule is Cc1cc(C)cc(OCC(=O)N2CCC3(CC2)CC(=O)c2cc(Cl)c(C)cc2O3)c1. The highest BCUT2D eigenvalue weighted by atomic mass is 35.5. The highest BCUT2D eigenvalue weighted by Gasteiger charge is 2.43. The summed E-state index contributed by atoms with van der Waals surface area (Å²) in [5.74, 6) is 1.32. The minimum Gasteiger partial charge on any atom is -0.486 e. The number of amides is 1. The van der Waals surface area contributed by atoms with Gasteiger partial charge in [0.1, 0.15) is 17.1 Å². The molecule has 0 N–H and O–H groups in total. The number of hydrogen-bond acceptors (Lipinski definition) is 4. The van der Waals surface area contributed by atoms with E-state index in [4.69, 9.17) is 21.1 Å². The van der Waals surface area contributed by atoms with Crippen LogP contribution in [0.4, 0.5) is 0 Å². The summed E-state index contributed by atoms with van der Waals surface area (Å²) in [4.78, 5) is 27.1. The van der Waals surface area contributed by atoms with Gasteiger partial charge in [-0.15, -0.1) is 0 Å². The lowest BCUT2D eigenvalue weighted by Gasteiger charge is -2.44. The summed E-state index contributed by atoms with van der Waals surface area (Å²) in [5, 5.41) is 0.575. The van der Waals surface area contributed by atoms with Gasteiger partial charge in [0, 0.05) is 31.0 Å². The standard InChI is InChI=1S/C24H26ClNO4/c1-15-8-16(2)10-18(9-15)29-14-23(28)26-6-4-24(5-7-26)13-21(27)19-12-20(25)17(3)11-22(19)30-24/h8-12H,4-7,13-14H2,1-3H3. The Morgan fingerprint density at radius 3 is 2.43 bits per heavy atom. The molecule has 0 atom stereocenters.